The van der Waals surface area contributed by atoms with Crippen LogP contribution in [0.3, 0.4) is 0 Å². The van der Waals surface area contributed by atoms with Gasteiger partial charge in [-0.15, -0.1) is 0 Å². The Morgan fingerprint density at radius 1 is 1.11 bits per heavy atom. The van der Waals surface area contributed by atoms with E-state index in [9.17, 15) is 30.6 Å². The molecule has 4 nitrogen and oxygen atoms in total. The molecule has 0 aromatic heterocycles. The molecule has 0 aliphatic heterocycles. The summed E-state index contributed by atoms with van der Waals surface area (Å²) in [6.45, 7) is 4.18. The van der Waals surface area contributed by atoms with Crippen LogP contribution >= 0.6 is 0 Å². The average molecular weight is 433 g/mol. The van der Waals surface area contributed by atoms with E-state index in [0.717, 1.165) is 25.3 Å². The number of ether oxygens (including phenoxy) is 2. The van der Waals surface area contributed by atoms with Crippen LogP contribution in [-0.4, -0.2) is 40.7 Å². The van der Waals surface area contributed by atoms with Gasteiger partial charge in [-0.25, -0.2) is 4.21 Å². The van der Waals surface area contributed by atoms with Crippen LogP contribution in [0, 0.1) is 0 Å². The molecule has 0 N–H and O–H groups in total. The highest BCUT2D eigenvalue weighted by Gasteiger charge is 2.40. The Bertz CT molecular complexity index is 723. The molecule has 1 aromatic carbocycles. The second-order valence-corrected chi connectivity index (χ2v) is 8.63. The van der Waals surface area contributed by atoms with E-state index < -0.39 is 45.8 Å². The first-order valence-electron chi connectivity index (χ1n) is 8.11. The van der Waals surface area contributed by atoms with Gasteiger partial charge >= 0.3 is 12.4 Å². The zero-order valence-corrected chi connectivity index (χ0v) is 16.5. The van der Waals surface area contributed by atoms with Gasteiger partial charge in [-0.05, 0) is 39.3 Å². The summed E-state index contributed by atoms with van der Waals surface area (Å²) in [5.41, 5.74) is -1.82. The van der Waals surface area contributed by atoms with E-state index in [1.54, 1.807) is 0 Å². The molecule has 0 bridgehead atoms. The molecule has 0 heterocycles. The van der Waals surface area contributed by atoms with Crippen molar-refractivity contribution in [3.05, 3.63) is 23.8 Å². The molecular formula is C17H21F6NO3S. The van der Waals surface area contributed by atoms with Crippen LogP contribution in [0.5, 0.6) is 11.5 Å². The van der Waals surface area contributed by atoms with Gasteiger partial charge in [0.05, 0.1) is 18.5 Å². The van der Waals surface area contributed by atoms with Crippen molar-refractivity contribution in [2.24, 2.45) is 4.40 Å². The summed E-state index contributed by atoms with van der Waals surface area (Å²) in [5.74, 6) is -0.212. The summed E-state index contributed by atoms with van der Waals surface area (Å²) < 4.78 is 101. The number of alkyl halides is 6. The van der Waals surface area contributed by atoms with Crippen LogP contribution in [0.2, 0.25) is 0 Å². The lowest BCUT2D eigenvalue weighted by atomic mass is 10.1. The molecule has 28 heavy (non-hydrogen) atoms. The van der Waals surface area contributed by atoms with Gasteiger partial charge in [0.1, 0.15) is 22.5 Å². The van der Waals surface area contributed by atoms with Crippen molar-refractivity contribution in [1.29, 1.82) is 0 Å². The minimum Gasteiger partial charge on any atom is -0.496 e. The molecule has 11 heteroatoms. The van der Waals surface area contributed by atoms with Gasteiger partial charge in [0, 0.05) is 18.1 Å². The number of nitrogens with zero attached hydrogens (tertiary/aromatic N) is 1. The Hall–Kier alpha value is -1.78. The number of hydrogen-bond donors (Lipinski definition) is 0. The van der Waals surface area contributed by atoms with Gasteiger partial charge in [0.15, 0.2) is 5.71 Å². The maximum Gasteiger partial charge on any atom is 0.434 e. The molecule has 160 valence electrons. The Kier molecular flexibility index (Phi) is 7.92. The van der Waals surface area contributed by atoms with Crippen molar-refractivity contribution in [3.8, 4) is 11.5 Å². The molecule has 0 radical (unpaired) electrons. The first-order valence-corrected chi connectivity index (χ1v) is 9.21. The smallest absolute Gasteiger partial charge is 0.434 e. The molecule has 0 saturated heterocycles. The highest BCUT2D eigenvalue weighted by molar-refractivity contribution is 7.85. The van der Waals surface area contributed by atoms with E-state index in [1.807, 2.05) is 0 Å². The van der Waals surface area contributed by atoms with Gasteiger partial charge in [-0.1, -0.05) is 0 Å². The van der Waals surface area contributed by atoms with Gasteiger partial charge in [-0.2, -0.15) is 30.7 Å². The molecule has 0 fully saturated rings. The number of methoxy groups -OCH3 is 1. The summed E-state index contributed by atoms with van der Waals surface area (Å²) >= 11 is 0. The molecule has 1 aromatic rings. The van der Waals surface area contributed by atoms with Crippen LogP contribution in [0.4, 0.5) is 26.3 Å². The van der Waals surface area contributed by atoms with Crippen molar-refractivity contribution in [2.75, 3.05) is 13.7 Å². The topological polar surface area (TPSA) is 47.9 Å². The van der Waals surface area contributed by atoms with Crippen LogP contribution in [-0.2, 0) is 11.0 Å². The van der Waals surface area contributed by atoms with E-state index in [1.165, 1.54) is 20.8 Å². The summed E-state index contributed by atoms with van der Waals surface area (Å²) in [5, 5.41) is 0. The first kappa shape index (κ1) is 24.3. The number of hydrogen-bond acceptors (Lipinski definition) is 3. The Labute approximate surface area is 161 Å². The van der Waals surface area contributed by atoms with Gasteiger partial charge < -0.3 is 9.47 Å². The fraction of sp³-hybridized carbons (Fsp3) is 0.588. The lowest BCUT2D eigenvalue weighted by molar-refractivity contribution is -0.136. The van der Waals surface area contributed by atoms with Crippen molar-refractivity contribution >= 4 is 16.7 Å². The van der Waals surface area contributed by atoms with E-state index in [2.05, 4.69) is 4.40 Å². The monoisotopic (exact) mass is 433 g/mol. The third-order valence-electron chi connectivity index (χ3n) is 3.27. The van der Waals surface area contributed by atoms with Crippen molar-refractivity contribution in [2.45, 2.75) is 50.7 Å². The maximum atomic E-state index is 13.5. The minimum atomic E-state index is -4.90. The Morgan fingerprint density at radius 2 is 1.71 bits per heavy atom. The largest absolute Gasteiger partial charge is 0.496 e. The zero-order chi connectivity index (χ0) is 21.8. The SMILES string of the molecule is COc1cc(OCCCC(F)(F)F)ccc1/C(=N\[S@@](=O)C(C)(C)C)C(F)(F)F. The van der Waals surface area contributed by atoms with Crippen LogP contribution in [0.25, 0.3) is 0 Å². The molecular weight excluding hydrogens is 412 g/mol. The summed E-state index contributed by atoms with van der Waals surface area (Å²) in [7, 11) is -1.04. The minimum absolute atomic E-state index is 0.0428. The fourth-order valence-electron chi connectivity index (χ4n) is 1.89. The molecule has 0 amide bonds. The predicted octanol–water partition coefficient (Wildman–Crippen LogP) is 5.23. The Morgan fingerprint density at radius 3 is 2.18 bits per heavy atom. The van der Waals surface area contributed by atoms with E-state index in [0.29, 0.717) is 0 Å². The maximum absolute atomic E-state index is 13.5. The van der Waals surface area contributed by atoms with Crippen LogP contribution < -0.4 is 9.47 Å². The summed E-state index contributed by atoms with van der Waals surface area (Å²) in [6.07, 6.45) is -10.5. The summed E-state index contributed by atoms with van der Waals surface area (Å²) in [4.78, 5) is 0. The summed E-state index contributed by atoms with van der Waals surface area (Å²) in [6, 6.07) is 3.29. The molecule has 0 aliphatic carbocycles. The van der Waals surface area contributed by atoms with E-state index in [4.69, 9.17) is 9.47 Å². The molecule has 1 rings (SSSR count). The van der Waals surface area contributed by atoms with Gasteiger partial charge in [-0.3, -0.25) is 0 Å². The normalized spacial score (nSPS) is 14.7. The van der Waals surface area contributed by atoms with Gasteiger partial charge in [0.25, 0.3) is 0 Å². The molecule has 0 saturated carbocycles. The number of rotatable bonds is 7. The number of halogens is 6. The average Bonchev–Trinajstić information content (AvgIpc) is 2.53. The second-order valence-electron chi connectivity index (χ2n) is 6.73. The fourth-order valence-corrected chi connectivity index (χ4v) is 2.53. The molecule has 0 spiro atoms. The van der Waals surface area contributed by atoms with Crippen molar-refractivity contribution in [3.63, 3.8) is 0 Å². The highest BCUT2D eigenvalue weighted by atomic mass is 32.2. The highest BCUT2D eigenvalue weighted by Crippen LogP contribution is 2.33. The lowest BCUT2D eigenvalue weighted by Gasteiger charge is -2.18. The third kappa shape index (κ3) is 7.69. The van der Waals surface area contributed by atoms with Gasteiger partial charge in [0.2, 0.25) is 0 Å². The number of benzene rings is 1. The van der Waals surface area contributed by atoms with E-state index >= 15 is 0 Å². The van der Waals surface area contributed by atoms with Crippen LogP contribution in [0.15, 0.2) is 22.6 Å². The molecule has 0 unspecified atom stereocenters. The zero-order valence-electron chi connectivity index (χ0n) is 15.7. The van der Waals surface area contributed by atoms with E-state index in [-0.39, 0.29) is 24.5 Å². The Balaban J connectivity index is 3.14. The predicted molar refractivity (Wildman–Crippen MR) is 94.3 cm³/mol. The molecule has 0 aliphatic rings. The first-order chi connectivity index (χ1) is 12.6. The molecule has 1 atom stereocenters. The van der Waals surface area contributed by atoms with Crippen molar-refractivity contribution in [1.82, 2.24) is 0 Å². The third-order valence-corrected chi connectivity index (χ3v) is 4.66. The quantitative estimate of drug-likeness (QED) is 0.336. The standard InChI is InChI=1S/C17H21F6NO3S/c1-15(2,3)28(25)24-14(17(21,22)23)12-7-6-11(10-13(12)26-4)27-9-5-8-16(18,19)20/h6-7,10H,5,8-9H2,1-4H3/b24-14+/t28-/m0/s1. The second kappa shape index (κ2) is 9.15. The van der Waals surface area contributed by atoms with Crippen molar-refractivity contribution < 1.29 is 40.0 Å². The lowest BCUT2D eigenvalue weighted by Crippen LogP contribution is -2.28. The van der Waals surface area contributed by atoms with Crippen LogP contribution in [0.1, 0.15) is 39.2 Å².